The van der Waals surface area contributed by atoms with Crippen molar-refractivity contribution in [2.24, 2.45) is 0 Å². The van der Waals surface area contributed by atoms with Crippen LogP contribution in [-0.4, -0.2) is 19.4 Å². The first-order valence-corrected chi connectivity index (χ1v) is 9.42. The third kappa shape index (κ3) is 1.63. The molecule has 4 heterocycles. The van der Waals surface area contributed by atoms with Crippen molar-refractivity contribution in [1.29, 1.82) is 0 Å². The van der Waals surface area contributed by atoms with Crippen molar-refractivity contribution < 1.29 is 0 Å². The Balaban J connectivity index is 1.82. The van der Waals surface area contributed by atoms with Crippen molar-refractivity contribution in [3.63, 3.8) is 0 Å². The zero-order valence-corrected chi connectivity index (χ0v) is 14.9. The molecule has 7 rings (SSSR count). The van der Waals surface area contributed by atoms with Gasteiger partial charge in [-0.25, -0.2) is 4.98 Å². The first kappa shape index (κ1) is 14.3. The van der Waals surface area contributed by atoms with E-state index in [9.17, 15) is 0 Å². The lowest BCUT2D eigenvalue weighted by molar-refractivity contribution is 1.26. The minimum atomic E-state index is 0.960. The summed E-state index contributed by atoms with van der Waals surface area (Å²) in [5, 5.41) is 3.56. The van der Waals surface area contributed by atoms with Gasteiger partial charge in [-0.15, -0.1) is 0 Å². The third-order valence-electron chi connectivity index (χ3n) is 5.97. The molecule has 2 aromatic carbocycles. The number of fused-ring (bicyclic) bond motifs is 12. The number of hydrogen-bond donors (Lipinski definition) is 0. The summed E-state index contributed by atoms with van der Waals surface area (Å²) in [7, 11) is 0. The molecule has 0 spiro atoms. The molecule has 130 valence electrons. The fraction of sp³-hybridized carbons (Fsp3) is 0.0417. The van der Waals surface area contributed by atoms with Crippen LogP contribution in [0.2, 0.25) is 0 Å². The van der Waals surface area contributed by atoms with Gasteiger partial charge in [0.1, 0.15) is 5.65 Å². The predicted molar refractivity (Wildman–Crippen MR) is 112 cm³/mol. The average Bonchev–Trinajstić information content (AvgIpc) is 3.32. The van der Waals surface area contributed by atoms with Crippen molar-refractivity contribution in [1.82, 2.24) is 19.4 Å². The maximum Gasteiger partial charge on any atom is 0.146 e. The number of hydrogen-bond acceptors (Lipinski definition) is 3. The van der Waals surface area contributed by atoms with Crippen molar-refractivity contribution in [2.45, 2.75) is 6.42 Å². The van der Waals surface area contributed by atoms with Crippen molar-refractivity contribution >= 4 is 38.4 Å². The second-order valence-electron chi connectivity index (χ2n) is 7.38. The van der Waals surface area contributed by atoms with Gasteiger partial charge in [-0.2, -0.15) is 0 Å². The molecule has 28 heavy (non-hydrogen) atoms. The van der Waals surface area contributed by atoms with Crippen LogP contribution in [0.3, 0.4) is 0 Å². The van der Waals surface area contributed by atoms with Crippen LogP contribution >= 0.6 is 0 Å². The highest BCUT2D eigenvalue weighted by Crippen LogP contribution is 2.44. The molecule has 1 aliphatic carbocycles. The van der Waals surface area contributed by atoms with E-state index in [0.29, 0.717) is 0 Å². The first-order chi connectivity index (χ1) is 13.9. The van der Waals surface area contributed by atoms with Crippen LogP contribution < -0.4 is 0 Å². The number of nitrogens with zero attached hydrogens (tertiary/aromatic N) is 4. The SMILES string of the molecule is c1ccc2c(c1)Cc1ccc3c(c1-2)c1cnccc1n1c2cnccc2nc31. The molecule has 0 fully saturated rings. The van der Waals surface area contributed by atoms with Crippen molar-refractivity contribution in [2.75, 3.05) is 0 Å². The fourth-order valence-corrected chi connectivity index (χ4v) is 4.81. The van der Waals surface area contributed by atoms with E-state index in [1.807, 2.05) is 24.7 Å². The smallest absolute Gasteiger partial charge is 0.146 e. The van der Waals surface area contributed by atoms with Crippen molar-refractivity contribution in [3.05, 3.63) is 84.4 Å². The van der Waals surface area contributed by atoms with Gasteiger partial charge in [-0.3, -0.25) is 14.4 Å². The number of aromatic nitrogens is 4. The highest BCUT2D eigenvalue weighted by Gasteiger charge is 2.24. The largest absolute Gasteiger partial charge is 0.290 e. The maximum absolute atomic E-state index is 4.98. The number of benzene rings is 2. The van der Waals surface area contributed by atoms with E-state index in [1.54, 1.807) is 6.20 Å². The molecule has 0 unspecified atom stereocenters. The van der Waals surface area contributed by atoms with Gasteiger partial charge in [0.25, 0.3) is 0 Å². The summed E-state index contributed by atoms with van der Waals surface area (Å²) in [6.07, 6.45) is 8.51. The van der Waals surface area contributed by atoms with Gasteiger partial charge in [-0.1, -0.05) is 36.4 Å². The average molecular weight is 358 g/mol. The summed E-state index contributed by atoms with van der Waals surface area (Å²) in [5.74, 6) is 0. The molecule has 0 atom stereocenters. The molecular weight excluding hydrogens is 344 g/mol. The van der Waals surface area contributed by atoms with E-state index in [4.69, 9.17) is 4.98 Å². The first-order valence-electron chi connectivity index (χ1n) is 9.42. The minimum Gasteiger partial charge on any atom is -0.290 e. The minimum absolute atomic E-state index is 0.960. The zero-order valence-electron chi connectivity index (χ0n) is 14.9. The van der Waals surface area contributed by atoms with Crippen LogP contribution in [0.1, 0.15) is 11.1 Å². The highest BCUT2D eigenvalue weighted by atomic mass is 15.0. The zero-order chi connectivity index (χ0) is 18.2. The Bertz CT molecular complexity index is 1590. The molecular formula is C24H14N4. The van der Waals surface area contributed by atoms with Gasteiger partial charge in [0.05, 0.1) is 22.7 Å². The van der Waals surface area contributed by atoms with Gasteiger partial charge in [0.15, 0.2) is 0 Å². The standard InChI is InChI=1S/C24H14N4/c1-2-4-16-14(3-1)11-15-5-6-17-23(22(15)16)18-12-25-10-8-20(18)28-21-13-26-9-7-19(21)27-24(17)28/h1-10,12-13H,11H2. The number of imidazole rings is 1. The maximum atomic E-state index is 4.98. The molecule has 4 nitrogen and oxygen atoms in total. The number of pyridine rings is 3. The molecule has 0 saturated carbocycles. The van der Waals surface area contributed by atoms with Gasteiger partial charge in [-0.05, 0) is 40.8 Å². The third-order valence-corrected chi connectivity index (χ3v) is 5.97. The van der Waals surface area contributed by atoms with Crippen LogP contribution in [0.4, 0.5) is 0 Å². The van der Waals surface area contributed by atoms with Crippen LogP contribution in [-0.2, 0) is 6.42 Å². The molecule has 6 aromatic rings. The molecule has 1 aliphatic rings. The predicted octanol–water partition coefficient (Wildman–Crippen LogP) is 5.16. The van der Waals surface area contributed by atoms with E-state index >= 15 is 0 Å². The van der Waals surface area contributed by atoms with Gasteiger partial charge in [0.2, 0.25) is 0 Å². The molecule has 0 bridgehead atoms. The Labute approximate surface area is 160 Å². The van der Waals surface area contributed by atoms with Gasteiger partial charge >= 0.3 is 0 Å². The molecule has 4 heteroatoms. The lowest BCUT2D eigenvalue weighted by Gasteiger charge is -2.13. The molecule has 0 saturated heterocycles. The highest BCUT2D eigenvalue weighted by molar-refractivity contribution is 6.20. The lowest BCUT2D eigenvalue weighted by atomic mass is 9.96. The van der Waals surface area contributed by atoms with Crippen LogP contribution in [0.5, 0.6) is 0 Å². The second-order valence-corrected chi connectivity index (χ2v) is 7.38. The summed E-state index contributed by atoms with van der Waals surface area (Å²) in [5.41, 5.74) is 9.50. The fourth-order valence-electron chi connectivity index (χ4n) is 4.81. The normalized spacial score (nSPS) is 12.9. The lowest BCUT2D eigenvalue weighted by Crippen LogP contribution is -1.94. The Hall–Kier alpha value is -3.79. The molecule has 0 amide bonds. The Morgan fingerprint density at radius 2 is 1.64 bits per heavy atom. The Kier molecular flexibility index (Phi) is 2.51. The van der Waals surface area contributed by atoms with Crippen LogP contribution in [0, 0.1) is 0 Å². The van der Waals surface area contributed by atoms with Gasteiger partial charge in [0, 0.05) is 34.7 Å². The molecule has 0 radical (unpaired) electrons. The summed E-state index contributed by atoms with van der Waals surface area (Å²) >= 11 is 0. The van der Waals surface area contributed by atoms with Crippen LogP contribution in [0.15, 0.2) is 73.3 Å². The summed E-state index contributed by atoms with van der Waals surface area (Å²) in [4.78, 5) is 13.8. The van der Waals surface area contributed by atoms with E-state index in [2.05, 4.69) is 56.8 Å². The molecule has 0 N–H and O–H groups in total. The summed E-state index contributed by atoms with van der Waals surface area (Å²) in [6.45, 7) is 0. The molecule has 0 aliphatic heterocycles. The Morgan fingerprint density at radius 3 is 2.64 bits per heavy atom. The van der Waals surface area contributed by atoms with Gasteiger partial charge < -0.3 is 0 Å². The summed E-state index contributed by atoms with van der Waals surface area (Å²) < 4.78 is 2.22. The van der Waals surface area contributed by atoms with E-state index in [0.717, 1.165) is 39.4 Å². The monoisotopic (exact) mass is 358 g/mol. The van der Waals surface area contributed by atoms with E-state index in [-0.39, 0.29) is 0 Å². The second kappa shape index (κ2) is 4.93. The van der Waals surface area contributed by atoms with E-state index < -0.39 is 0 Å². The quantitative estimate of drug-likeness (QED) is 0.352. The number of rotatable bonds is 0. The Morgan fingerprint density at radius 1 is 0.750 bits per heavy atom. The molecule has 4 aromatic heterocycles. The van der Waals surface area contributed by atoms with E-state index in [1.165, 1.54) is 27.6 Å². The summed E-state index contributed by atoms with van der Waals surface area (Å²) in [6, 6.07) is 17.3. The van der Waals surface area contributed by atoms with Crippen LogP contribution in [0.25, 0.3) is 49.5 Å². The topological polar surface area (TPSA) is 43.1 Å². The van der Waals surface area contributed by atoms with Crippen molar-refractivity contribution in [3.8, 4) is 11.1 Å².